The molecule has 1 atom stereocenters. The van der Waals surface area contributed by atoms with Gasteiger partial charge >= 0.3 is 0 Å². The van der Waals surface area contributed by atoms with E-state index in [0.717, 1.165) is 0 Å². The standard InChI is InChI=1S/C16H27BrS/c1-2-3-4-5-6-7-8-9-11-15(17)14-16-12-10-13-18-16/h10,12-13,15H,2-9,11,14H2,1H3. The van der Waals surface area contributed by atoms with Crippen LogP contribution in [0.3, 0.4) is 0 Å². The van der Waals surface area contributed by atoms with E-state index in [1.165, 1.54) is 69.1 Å². The molecule has 1 unspecified atom stereocenters. The van der Waals surface area contributed by atoms with Crippen molar-refractivity contribution in [1.82, 2.24) is 0 Å². The van der Waals surface area contributed by atoms with Crippen LogP contribution < -0.4 is 0 Å². The molecule has 0 spiro atoms. The fourth-order valence-corrected chi connectivity index (χ4v) is 3.92. The minimum Gasteiger partial charge on any atom is -0.149 e. The highest BCUT2D eigenvalue weighted by atomic mass is 79.9. The molecule has 0 nitrogen and oxygen atoms in total. The number of hydrogen-bond donors (Lipinski definition) is 0. The molecule has 104 valence electrons. The molecule has 0 aliphatic heterocycles. The molecule has 18 heavy (non-hydrogen) atoms. The van der Waals surface area contributed by atoms with E-state index in [1.807, 2.05) is 11.3 Å². The van der Waals surface area contributed by atoms with E-state index in [-0.39, 0.29) is 0 Å². The maximum atomic E-state index is 3.81. The number of unbranched alkanes of at least 4 members (excludes halogenated alkanes) is 7. The minimum absolute atomic E-state index is 0.677. The third-order valence-electron chi connectivity index (χ3n) is 3.37. The smallest absolute Gasteiger partial charge is 0.0194 e. The largest absolute Gasteiger partial charge is 0.149 e. The SMILES string of the molecule is CCCCCCCCCCC(Br)Cc1cccs1. The zero-order chi connectivity index (χ0) is 13.1. The predicted octanol–water partition coefficient (Wildman–Crippen LogP) is 6.58. The van der Waals surface area contributed by atoms with Gasteiger partial charge in [0.25, 0.3) is 0 Å². The molecule has 0 amide bonds. The average Bonchev–Trinajstić information content (AvgIpc) is 2.85. The van der Waals surface area contributed by atoms with E-state index in [9.17, 15) is 0 Å². The van der Waals surface area contributed by atoms with E-state index in [1.54, 1.807) is 0 Å². The molecule has 1 rings (SSSR count). The van der Waals surface area contributed by atoms with Gasteiger partial charge in [-0.1, -0.05) is 80.3 Å². The molecular weight excluding hydrogens is 304 g/mol. The van der Waals surface area contributed by atoms with Gasteiger partial charge in [0.2, 0.25) is 0 Å². The molecule has 1 aromatic rings. The fourth-order valence-electron chi connectivity index (χ4n) is 2.25. The minimum atomic E-state index is 0.677. The Morgan fingerprint density at radius 3 is 2.33 bits per heavy atom. The molecule has 0 saturated carbocycles. The summed E-state index contributed by atoms with van der Waals surface area (Å²) < 4.78 is 0. The first-order chi connectivity index (χ1) is 8.83. The van der Waals surface area contributed by atoms with Gasteiger partial charge in [-0.3, -0.25) is 0 Å². The van der Waals surface area contributed by atoms with Crippen LogP contribution in [0.1, 0.15) is 69.6 Å². The van der Waals surface area contributed by atoms with Crippen molar-refractivity contribution >= 4 is 27.3 Å². The van der Waals surface area contributed by atoms with Crippen LogP contribution in [0.5, 0.6) is 0 Å². The Balaban J connectivity index is 1.88. The van der Waals surface area contributed by atoms with Crippen LogP contribution in [-0.4, -0.2) is 4.83 Å². The number of rotatable bonds is 11. The van der Waals surface area contributed by atoms with Gasteiger partial charge in [0.1, 0.15) is 0 Å². The van der Waals surface area contributed by atoms with Crippen molar-refractivity contribution in [2.45, 2.75) is 76.0 Å². The summed E-state index contributed by atoms with van der Waals surface area (Å²) in [6.45, 7) is 2.28. The van der Waals surface area contributed by atoms with Gasteiger partial charge in [0.05, 0.1) is 0 Å². The summed E-state index contributed by atoms with van der Waals surface area (Å²) in [6, 6.07) is 4.39. The number of alkyl halides is 1. The Labute approximate surface area is 125 Å². The van der Waals surface area contributed by atoms with Gasteiger partial charge < -0.3 is 0 Å². The third kappa shape index (κ3) is 8.31. The highest BCUT2D eigenvalue weighted by Crippen LogP contribution is 2.20. The van der Waals surface area contributed by atoms with Crippen molar-refractivity contribution in [2.24, 2.45) is 0 Å². The summed E-state index contributed by atoms with van der Waals surface area (Å²) in [5, 5.41) is 2.17. The molecule has 2 heteroatoms. The van der Waals surface area contributed by atoms with Gasteiger partial charge in [-0.15, -0.1) is 11.3 Å². The van der Waals surface area contributed by atoms with Crippen molar-refractivity contribution in [1.29, 1.82) is 0 Å². The van der Waals surface area contributed by atoms with E-state index >= 15 is 0 Å². The van der Waals surface area contributed by atoms with Gasteiger partial charge in [-0.05, 0) is 24.3 Å². The van der Waals surface area contributed by atoms with Gasteiger partial charge in [0, 0.05) is 9.70 Å². The zero-order valence-corrected chi connectivity index (χ0v) is 14.1. The summed E-state index contributed by atoms with van der Waals surface area (Å²) >= 11 is 5.69. The van der Waals surface area contributed by atoms with Crippen LogP contribution in [-0.2, 0) is 6.42 Å². The monoisotopic (exact) mass is 330 g/mol. The summed E-state index contributed by atoms with van der Waals surface area (Å²) in [6.07, 6.45) is 13.9. The second-order valence-corrected chi connectivity index (χ2v) is 7.47. The second kappa shape index (κ2) is 11.0. The van der Waals surface area contributed by atoms with Gasteiger partial charge in [-0.2, -0.15) is 0 Å². The molecule has 0 aromatic carbocycles. The summed E-state index contributed by atoms with van der Waals surface area (Å²) in [5.41, 5.74) is 0. The lowest BCUT2D eigenvalue weighted by Crippen LogP contribution is -2.01. The maximum absolute atomic E-state index is 3.81. The van der Waals surface area contributed by atoms with Crippen molar-refractivity contribution in [3.05, 3.63) is 22.4 Å². The quantitative estimate of drug-likeness (QED) is 0.317. The van der Waals surface area contributed by atoms with Crippen molar-refractivity contribution in [3.8, 4) is 0 Å². The van der Waals surface area contributed by atoms with Crippen LogP contribution in [0.15, 0.2) is 17.5 Å². The van der Waals surface area contributed by atoms with Crippen molar-refractivity contribution < 1.29 is 0 Å². The zero-order valence-electron chi connectivity index (χ0n) is 11.7. The normalized spacial score (nSPS) is 12.8. The van der Waals surface area contributed by atoms with Crippen LogP contribution >= 0.6 is 27.3 Å². The fraction of sp³-hybridized carbons (Fsp3) is 0.750. The van der Waals surface area contributed by atoms with E-state index in [4.69, 9.17) is 0 Å². The van der Waals surface area contributed by atoms with E-state index < -0.39 is 0 Å². The summed E-state index contributed by atoms with van der Waals surface area (Å²) in [7, 11) is 0. The van der Waals surface area contributed by atoms with Crippen LogP contribution in [0.25, 0.3) is 0 Å². The Morgan fingerprint density at radius 1 is 1.06 bits per heavy atom. The predicted molar refractivity (Wildman–Crippen MR) is 88.0 cm³/mol. The molecule has 0 bridgehead atoms. The van der Waals surface area contributed by atoms with Crippen LogP contribution in [0.4, 0.5) is 0 Å². The second-order valence-electron chi connectivity index (χ2n) is 5.14. The lowest BCUT2D eigenvalue weighted by molar-refractivity contribution is 0.561. The maximum Gasteiger partial charge on any atom is 0.0194 e. The first-order valence-electron chi connectivity index (χ1n) is 7.49. The average molecular weight is 331 g/mol. The van der Waals surface area contributed by atoms with Crippen LogP contribution in [0.2, 0.25) is 0 Å². The molecule has 0 fully saturated rings. The summed E-state index contributed by atoms with van der Waals surface area (Å²) in [5.74, 6) is 0. The molecule has 1 aromatic heterocycles. The first kappa shape index (κ1) is 16.2. The summed E-state index contributed by atoms with van der Waals surface area (Å²) in [4.78, 5) is 2.19. The molecule has 0 aliphatic rings. The topological polar surface area (TPSA) is 0 Å². The third-order valence-corrected chi connectivity index (χ3v) is 5.05. The van der Waals surface area contributed by atoms with Gasteiger partial charge in [0.15, 0.2) is 0 Å². The Bertz CT molecular complexity index is 269. The molecule has 0 N–H and O–H groups in total. The first-order valence-corrected chi connectivity index (χ1v) is 9.29. The Kier molecular flexibility index (Phi) is 9.96. The number of halogens is 1. The Morgan fingerprint density at radius 2 is 1.72 bits per heavy atom. The van der Waals surface area contributed by atoms with Gasteiger partial charge in [-0.25, -0.2) is 0 Å². The molecule has 1 heterocycles. The number of thiophene rings is 1. The molecule has 0 aliphatic carbocycles. The lowest BCUT2D eigenvalue weighted by atomic mass is 10.1. The Hall–Kier alpha value is 0.180. The highest BCUT2D eigenvalue weighted by Gasteiger charge is 2.05. The van der Waals surface area contributed by atoms with E-state index in [0.29, 0.717) is 4.83 Å². The van der Waals surface area contributed by atoms with E-state index in [2.05, 4.69) is 40.4 Å². The number of hydrogen-bond acceptors (Lipinski definition) is 1. The molecule has 0 saturated heterocycles. The molecule has 0 radical (unpaired) electrons. The van der Waals surface area contributed by atoms with Crippen molar-refractivity contribution in [2.75, 3.05) is 0 Å². The van der Waals surface area contributed by atoms with Crippen LogP contribution in [0, 0.1) is 0 Å². The lowest BCUT2D eigenvalue weighted by Gasteiger charge is -2.08. The van der Waals surface area contributed by atoms with Crippen molar-refractivity contribution in [3.63, 3.8) is 0 Å². The molecular formula is C16H27BrS. The highest BCUT2D eigenvalue weighted by molar-refractivity contribution is 9.09.